The van der Waals surface area contributed by atoms with E-state index in [1.165, 1.54) is 0 Å². The zero-order valence-electron chi connectivity index (χ0n) is 14.4. The van der Waals surface area contributed by atoms with Crippen molar-refractivity contribution in [2.24, 2.45) is 0 Å². The highest BCUT2D eigenvalue weighted by molar-refractivity contribution is 5.95. The van der Waals surface area contributed by atoms with Crippen LogP contribution in [0.15, 0.2) is 10.5 Å². The Labute approximate surface area is 133 Å². The van der Waals surface area contributed by atoms with Crippen molar-refractivity contribution in [2.45, 2.75) is 59.9 Å². The van der Waals surface area contributed by atoms with E-state index in [1.54, 1.807) is 17.9 Å². The second-order valence-corrected chi connectivity index (χ2v) is 5.75. The summed E-state index contributed by atoms with van der Waals surface area (Å²) < 4.78 is 5.43. The molecule has 0 saturated carbocycles. The van der Waals surface area contributed by atoms with Crippen LogP contribution in [0.2, 0.25) is 0 Å². The van der Waals surface area contributed by atoms with Gasteiger partial charge in [-0.1, -0.05) is 13.8 Å². The molecule has 2 amide bonds. The summed E-state index contributed by atoms with van der Waals surface area (Å²) in [7, 11) is 0. The van der Waals surface area contributed by atoms with Gasteiger partial charge in [-0.15, -0.1) is 0 Å². The van der Waals surface area contributed by atoms with E-state index in [2.05, 4.69) is 5.32 Å². The van der Waals surface area contributed by atoms with Gasteiger partial charge in [0.1, 0.15) is 11.5 Å². The van der Waals surface area contributed by atoms with E-state index < -0.39 is 0 Å². The normalized spacial score (nSPS) is 12.0. The van der Waals surface area contributed by atoms with Crippen LogP contribution in [0.5, 0.6) is 0 Å². The average Bonchev–Trinajstić information content (AvgIpc) is 2.81. The molecule has 0 aliphatic heterocycles. The molecule has 0 aromatic carbocycles. The fourth-order valence-electron chi connectivity index (χ4n) is 2.28. The molecule has 1 atom stereocenters. The molecule has 1 aromatic heterocycles. The Bertz CT molecular complexity index is 508. The van der Waals surface area contributed by atoms with E-state index in [0.29, 0.717) is 30.8 Å². The van der Waals surface area contributed by atoms with E-state index in [1.807, 2.05) is 27.7 Å². The molecule has 1 heterocycles. The number of aryl methyl sites for hydroxylation is 2. The third-order valence-electron chi connectivity index (χ3n) is 3.68. The molecule has 0 unspecified atom stereocenters. The van der Waals surface area contributed by atoms with E-state index >= 15 is 0 Å². The Morgan fingerprint density at radius 2 is 1.95 bits per heavy atom. The Hall–Kier alpha value is -1.78. The van der Waals surface area contributed by atoms with E-state index in [-0.39, 0.29) is 17.9 Å². The van der Waals surface area contributed by atoms with Gasteiger partial charge in [0.05, 0.1) is 5.56 Å². The van der Waals surface area contributed by atoms with Crippen LogP contribution in [-0.4, -0.2) is 35.8 Å². The number of nitrogens with one attached hydrogen (secondary N) is 1. The van der Waals surface area contributed by atoms with Gasteiger partial charge >= 0.3 is 0 Å². The number of rotatable bonds is 8. The van der Waals surface area contributed by atoms with Crippen LogP contribution in [0.1, 0.15) is 61.9 Å². The number of nitrogens with zero attached hydrogens (tertiary/aromatic N) is 1. The van der Waals surface area contributed by atoms with Crippen LogP contribution in [-0.2, 0) is 4.79 Å². The summed E-state index contributed by atoms with van der Waals surface area (Å²) in [5.74, 6) is 1.29. The Morgan fingerprint density at radius 1 is 1.27 bits per heavy atom. The number of carbonyl (C=O) groups is 2. The van der Waals surface area contributed by atoms with Crippen LogP contribution in [0.3, 0.4) is 0 Å². The maximum atomic E-state index is 12.6. The first-order valence-corrected chi connectivity index (χ1v) is 8.04. The predicted octanol–water partition coefficient (Wildman–Crippen LogP) is 3.05. The Balaban J connectivity index is 2.67. The number of amides is 2. The molecule has 0 radical (unpaired) electrons. The van der Waals surface area contributed by atoms with Crippen LogP contribution in [0.4, 0.5) is 0 Å². The third kappa shape index (κ3) is 5.20. The lowest BCUT2D eigenvalue weighted by Gasteiger charge is -2.22. The van der Waals surface area contributed by atoms with Crippen LogP contribution in [0, 0.1) is 13.8 Å². The first-order chi connectivity index (χ1) is 10.4. The van der Waals surface area contributed by atoms with Gasteiger partial charge in [-0.25, -0.2) is 0 Å². The molecule has 1 aromatic rings. The highest BCUT2D eigenvalue weighted by atomic mass is 16.3. The Kier molecular flexibility index (Phi) is 7.15. The van der Waals surface area contributed by atoms with Gasteiger partial charge in [0.2, 0.25) is 5.91 Å². The maximum Gasteiger partial charge on any atom is 0.257 e. The zero-order valence-corrected chi connectivity index (χ0v) is 14.4. The second kappa shape index (κ2) is 8.61. The van der Waals surface area contributed by atoms with Crippen LogP contribution in [0.25, 0.3) is 0 Å². The average molecular weight is 308 g/mol. The maximum absolute atomic E-state index is 12.6. The number of furan rings is 1. The summed E-state index contributed by atoms with van der Waals surface area (Å²) in [5, 5.41) is 2.93. The van der Waals surface area contributed by atoms with Crippen LogP contribution >= 0.6 is 0 Å². The van der Waals surface area contributed by atoms with Gasteiger partial charge < -0.3 is 14.6 Å². The zero-order chi connectivity index (χ0) is 16.7. The van der Waals surface area contributed by atoms with Gasteiger partial charge in [0.15, 0.2) is 0 Å². The number of carbonyl (C=O) groups excluding carboxylic acids is 2. The molecular formula is C17H28N2O3. The number of hydrogen-bond donors (Lipinski definition) is 1. The largest absolute Gasteiger partial charge is 0.466 e. The Morgan fingerprint density at radius 3 is 2.45 bits per heavy atom. The van der Waals surface area contributed by atoms with Crippen molar-refractivity contribution in [3.63, 3.8) is 0 Å². The summed E-state index contributed by atoms with van der Waals surface area (Å²) in [5.41, 5.74) is 0.591. The van der Waals surface area contributed by atoms with Crippen molar-refractivity contribution in [2.75, 3.05) is 13.1 Å². The summed E-state index contributed by atoms with van der Waals surface area (Å²) in [6.07, 6.45) is 2.08. The lowest BCUT2D eigenvalue weighted by Crippen LogP contribution is -2.38. The molecule has 124 valence electrons. The second-order valence-electron chi connectivity index (χ2n) is 5.75. The molecule has 0 aliphatic carbocycles. The van der Waals surface area contributed by atoms with E-state index in [4.69, 9.17) is 4.42 Å². The topological polar surface area (TPSA) is 62.6 Å². The third-order valence-corrected chi connectivity index (χ3v) is 3.68. The molecule has 1 rings (SSSR count). The first kappa shape index (κ1) is 18.3. The molecule has 5 nitrogen and oxygen atoms in total. The quantitative estimate of drug-likeness (QED) is 0.803. The van der Waals surface area contributed by atoms with Crippen molar-refractivity contribution in [3.05, 3.63) is 23.2 Å². The summed E-state index contributed by atoms with van der Waals surface area (Å²) in [4.78, 5) is 26.2. The minimum Gasteiger partial charge on any atom is -0.466 e. The summed E-state index contributed by atoms with van der Waals surface area (Å²) in [6, 6.07) is 1.93. The van der Waals surface area contributed by atoms with Crippen LogP contribution < -0.4 is 5.32 Å². The molecule has 0 aliphatic rings. The summed E-state index contributed by atoms with van der Waals surface area (Å²) in [6.45, 7) is 10.7. The van der Waals surface area contributed by atoms with Gasteiger partial charge in [0.25, 0.3) is 5.91 Å². The molecule has 0 spiro atoms. The summed E-state index contributed by atoms with van der Waals surface area (Å²) >= 11 is 0. The fraction of sp³-hybridized carbons (Fsp3) is 0.647. The van der Waals surface area contributed by atoms with Crippen molar-refractivity contribution in [3.8, 4) is 0 Å². The van der Waals surface area contributed by atoms with Gasteiger partial charge in [-0.3, -0.25) is 9.59 Å². The van der Waals surface area contributed by atoms with Gasteiger partial charge in [-0.05, 0) is 39.7 Å². The SMILES string of the molecule is CCCN(CCC(=O)N[C@H](C)CC)C(=O)c1cc(C)oc1C. The van der Waals surface area contributed by atoms with Crippen molar-refractivity contribution in [1.29, 1.82) is 0 Å². The molecular weight excluding hydrogens is 280 g/mol. The monoisotopic (exact) mass is 308 g/mol. The lowest BCUT2D eigenvalue weighted by atomic mass is 10.2. The van der Waals surface area contributed by atoms with Crippen molar-refractivity contribution >= 4 is 11.8 Å². The highest BCUT2D eigenvalue weighted by Gasteiger charge is 2.20. The molecule has 5 heteroatoms. The smallest absolute Gasteiger partial charge is 0.257 e. The van der Waals surface area contributed by atoms with Crippen molar-refractivity contribution < 1.29 is 14.0 Å². The molecule has 1 N–H and O–H groups in total. The highest BCUT2D eigenvalue weighted by Crippen LogP contribution is 2.16. The predicted molar refractivity (Wildman–Crippen MR) is 86.9 cm³/mol. The molecule has 0 bridgehead atoms. The standard InChI is InChI=1S/C17H28N2O3/c1-6-9-19(10-8-16(20)18-12(3)7-2)17(21)15-11-13(4)22-14(15)5/h11-12H,6-10H2,1-5H3,(H,18,20)/t12-/m1/s1. The minimum atomic E-state index is -0.0625. The van der Waals surface area contributed by atoms with E-state index in [9.17, 15) is 9.59 Å². The minimum absolute atomic E-state index is 0.0108. The van der Waals surface area contributed by atoms with Crippen molar-refractivity contribution in [1.82, 2.24) is 10.2 Å². The van der Waals surface area contributed by atoms with Gasteiger partial charge in [0, 0.05) is 25.6 Å². The lowest BCUT2D eigenvalue weighted by molar-refractivity contribution is -0.121. The fourth-order valence-corrected chi connectivity index (χ4v) is 2.28. The number of hydrogen-bond acceptors (Lipinski definition) is 3. The molecule has 0 fully saturated rings. The molecule has 0 saturated heterocycles. The van der Waals surface area contributed by atoms with Gasteiger partial charge in [-0.2, -0.15) is 0 Å². The molecule has 22 heavy (non-hydrogen) atoms. The van der Waals surface area contributed by atoms with E-state index in [0.717, 1.165) is 18.6 Å². The first-order valence-electron chi connectivity index (χ1n) is 8.04.